The minimum Gasteiger partial charge on any atom is -0.356 e. The fraction of sp³-hybridized carbons (Fsp3) is 0.412. The van der Waals surface area contributed by atoms with Gasteiger partial charge in [0.25, 0.3) is 0 Å². The summed E-state index contributed by atoms with van der Waals surface area (Å²) in [7, 11) is -3.44. The number of rotatable bonds is 4. The maximum absolute atomic E-state index is 12.3. The number of hydrogen-bond donors (Lipinski definition) is 0. The smallest absolute Gasteiger partial charge is 0.249 e. The number of hydrogen-bond acceptors (Lipinski definition) is 5. The van der Waals surface area contributed by atoms with E-state index < -0.39 is 9.84 Å². The fourth-order valence-corrected chi connectivity index (χ4v) is 3.45. The van der Waals surface area contributed by atoms with Gasteiger partial charge >= 0.3 is 0 Å². The molecule has 0 saturated carbocycles. The summed E-state index contributed by atoms with van der Waals surface area (Å²) >= 11 is 0. The van der Waals surface area contributed by atoms with Gasteiger partial charge < -0.3 is 4.90 Å². The molecule has 1 aliphatic heterocycles. The highest BCUT2D eigenvalue weighted by molar-refractivity contribution is 7.91. The minimum atomic E-state index is -3.44. The van der Waals surface area contributed by atoms with Crippen molar-refractivity contribution in [3.63, 3.8) is 0 Å². The van der Waals surface area contributed by atoms with Gasteiger partial charge in [-0.15, -0.1) is 0 Å². The third-order valence-corrected chi connectivity index (χ3v) is 5.60. The molecule has 2 aromatic rings. The largest absolute Gasteiger partial charge is 0.356 e. The van der Waals surface area contributed by atoms with Gasteiger partial charge in [-0.3, -0.25) is 0 Å². The van der Waals surface area contributed by atoms with Gasteiger partial charge in [-0.05, 0) is 19.3 Å². The molecule has 1 saturated heterocycles. The third kappa shape index (κ3) is 3.52. The van der Waals surface area contributed by atoms with Gasteiger partial charge in [0.1, 0.15) is 5.82 Å². The SMILES string of the molecule is CCS(=O)(=O)c1nc(-c2ccccc2)cc(N2CCCCC2)n1. The van der Waals surface area contributed by atoms with E-state index in [2.05, 4.69) is 14.9 Å². The average molecular weight is 331 g/mol. The molecular formula is C17H21N3O2S. The molecule has 23 heavy (non-hydrogen) atoms. The second-order valence-electron chi connectivity index (χ2n) is 5.71. The Morgan fingerprint density at radius 3 is 2.39 bits per heavy atom. The first-order valence-corrected chi connectivity index (χ1v) is 9.67. The predicted octanol–water partition coefficient (Wildman–Crippen LogP) is 2.93. The normalized spacial score (nSPS) is 15.6. The van der Waals surface area contributed by atoms with Gasteiger partial charge in [0.15, 0.2) is 0 Å². The highest BCUT2D eigenvalue weighted by Gasteiger charge is 2.21. The van der Waals surface area contributed by atoms with Crippen LogP contribution in [-0.4, -0.2) is 37.2 Å². The van der Waals surface area contributed by atoms with Crippen molar-refractivity contribution in [2.45, 2.75) is 31.3 Å². The van der Waals surface area contributed by atoms with Crippen LogP contribution in [0.4, 0.5) is 5.82 Å². The van der Waals surface area contributed by atoms with Crippen LogP contribution in [0.1, 0.15) is 26.2 Å². The molecule has 0 aliphatic carbocycles. The van der Waals surface area contributed by atoms with Crippen LogP contribution in [0.2, 0.25) is 0 Å². The second kappa shape index (κ2) is 6.66. The zero-order valence-electron chi connectivity index (χ0n) is 13.3. The molecule has 2 heterocycles. The highest BCUT2D eigenvalue weighted by Crippen LogP contribution is 2.25. The number of aromatic nitrogens is 2. The lowest BCUT2D eigenvalue weighted by atomic mass is 10.1. The van der Waals surface area contributed by atoms with E-state index in [9.17, 15) is 8.42 Å². The van der Waals surface area contributed by atoms with Crippen molar-refractivity contribution in [3.05, 3.63) is 36.4 Å². The number of benzene rings is 1. The van der Waals surface area contributed by atoms with E-state index in [-0.39, 0.29) is 10.9 Å². The number of piperidine rings is 1. The monoisotopic (exact) mass is 331 g/mol. The molecular weight excluding hydrogens is 310 g/mol. The molecule has 0 unspecified atom stereocenters. The molecule has 1 aromatic heterocycles. The van der Waals surface area contributed by atoms with Gasteiger partial charge in [-0.2, -0.15) is 0 Å². The second-order valence-corrected chi connectivity index (χ2v) is 7.88. The number of anilines is 1. The van der Waals surface area contributed by atoms with Crippen molar-refractivity contribution < 1.29 is 8.42 Å². The molecule has 0 radical (unpaired) electrons. The van der Waals surface area contributed by atoms with Crippen molar-refractivity contribution in [3.8, 4) is 11.3 Å². The maximum atomic E-state index is 12.3. The van der Waals surface area contributed by atoms with Crippen molar-refractivity contribution in [1.82, 2.24) is 9.97 Å². The Labute approximate surface area is 137 Å². The first-order chi connectivity index (χ1) is 11.1. The van der Waals surface area contributed by atoms with Crippen LogP contribution < -0.4 is 4.90 Å². The summed E-state index contributed by atoms with van der Waals surface area (Å²) in [6.07, 6.45) is 3.44. The van der Waals surface area contributed by atoms with Crippen molar-refractivity contribution in [2.75, 3.05) is 23.7 Å². The van der Waals surface area contributed by atoms with Crippen molar-refractivity contribution in [2.24, 2.45) is 0 Å². The molecule has 122 valence electrons. The zero-order valence-corrected chi connectivity index (χ0v) is 14.1. The molecule has 0 bridgehead atoms. The summed E-state index contributed by atoms with van der Waals surface area (Å²) < 4.78 is 24.6. The summed E-state index contributed by atoms with van der Waals surface area (Å²) in [5.74, 6) is 0.718. The van der Waals surface area contributed by atoms with Crippen LogP contribution in [-0.2, 0) is 9.84 Å². The van der Waals surface area contributed by atoms with Gasteiger partial charge in [0.05, 0.1) is 11.4 Å². The van der Waals surface area contributed by atoms with E-state index in [1.807, 2.05) is 36.4 Å². The van der Waals surface area contributed by atoms with Crippen molar-refractivity contribution >= 4 is 15.7 Å². The Hall–Kier alpha value is -1.95. The fourth-order valence-electron chi connectivity index (χ4n) is 2.72. The molecule has 1 fully saturated rings. The number of sulfone groups is 1. The lowest BCUT2D eigenvalue weighted by Gasteiger charge is -2.28. The van der Waals surface area contributed by atoms with Gasteiger partial charge in [-0.1, -0.05) is 37.3 Å². The van der Waals surface area contributed by atoms with Gasteiger partial charge in [0.2, 0.25) is 15.0 Å². The van der Waals surface area contributed by atoms with Crippen LogP contribution >= 0.6 is 0 Å². The van der Waals surface area contributed by atoms with Crippen LogP contribution in [0.5, 0.6) is 0 Å². The third-order valence-electron chi connectivity index (χ3n) is 4.10. The zero-order chi connectivity index (χ0) is 16.3. The topological polar surface area (TPSA) is 63.2 Å². The Balaban J connectivity index is 2.10. The Kier molecular flexibility index (Phi) is 4.61. The highest BCUT2D eigenvalue weighted by atomic mass is 32.2. The molecule has 3 rings (SSSR count). The first-order valence-electron chi connectivity index (χ1n) is 8.02. The molecule has 5 nitrogen and oxygen atoms in total. The molecule has 0 amide bonds. The summed E-state index contributed by atoms with van der Waals surface area (Å²) in [6.45, 7) is 3.45. The maximum Gasteiger partial charge on any atom is 0.249 e. The van der Waals surface area contributed by atoms with Crippen LogP contribution in [0.15, 0.2) is 41.6 Å². The summed E-state index contributed by atoms with van der Waals surface area (Å²) in [5.41, 5.74) is 1.56. The Morgan fingerprint density at radius 2 is 1.74 bits per heavy atom. The van der Waals surface area contributed by atoms with Crippen LogP contribution in [0.25, 0.3) is 11.3 Å². The average Bonchev–Trinajstić information content (AvgIpc) is 2.63. The molecule has 6 heteroatoms. The molecule has 1 aromatic carbocycles. The van der Waals surface area contributed by atoms with E-state index in [1.54, 1.807) is 6.92 Å². The number of nitrogens with zero attached hydrogens (tertiary/aromatic N) is 3. The first kappa shape index (κ1) is 15.9. The molecule has 0 atom stereocenters. The van der Waals surface area contributed by atoms with E-state index in [1.165, 1.54) is 6.42 Å². The van der Waals surface area contributed by atoms with Gasteiger partial charge in [-0.25, -0.2) is 18.4 Å². The van der Waals surface area contributed by atoms with E-state index >= 15 is 0 Å². The van der Waals surface area contributed by atoms with E-state index in [0.29, 0.717) is 11.5 Å². The quantitative estimate of drug-likeness (QED) is 0.806. The standard InChI is InChI=1S/C17H21N3O2S/c1-2-23(21,22)17-18-15(14-9-5-3-6-10-14)13-16(19-17)20-11-7-4-8-12-20/h3,5-6,9-10,13H,2,4,7-8,11-12H2,1H3. The predicted molar refractivity (Wildman–Crippen MR) is 91.3 cm³/mol. The van der Waals surface area contributed by atoms with E-state index in [4.69, 9.17) is 0 Å². The van der Waals surface area contributed by atoms with Gasteiger partial charge in [0, 0.05) is 24.7 Å². The lowest BCUT2D eigenvalue weighted by molar-refractivity contribution is 0.567. The molecule has 0 N–H and O–H groups in total. The van der Waals surface area contributed by atoms with Crippen LogP contribution in [0.3, 0.4) is 0 Å². The van der Waals surface area contributed by atoms with Crippen LogP contribution in [0, 0.1) is 0 Å². The Bertz CT molecular complexity index is 770. The molecule has 0 spiro atoms. The summed E-state index contributed by atoms with van der Waals surface area (Å²) in [5, 5.41) is -0.0677. The van der Waals surface area contributed by atoms with Crippen molar-refractivity contribution in [1.29, 1.82) is 0 Å². The molecule has 1 aliphatic rings. The Morgan fingerprint density at radius 1 is 1.04 bits per heavy atom. The summed E-state index contributed by atoms with van der Waals surface area (Å²) in [4.78, 5) is 10.8. The minimum absolute atomic E-state index is 0.00465. The lowest BCUT2D eigenvalue weighted by Crippen LogP contribution is -2.30. The summed E-state index contributed by atoms with van der Waals surface area (Å²) in [6, 6.07) is 11.5. The van der Waals surface area contributed by atoms with E-state index in [0.717, 1.165) is 31.5 Å².